The molecule has 1 unspecified atom stereocenters. The third-order valence-corrected chi connectivity index (χ3v) is 4.68. The zero-order valence-corrected chi connectivity index (χ0v) is 14.4. The van der Waals surface area contributed by atoms with Gasteiger partial charge in [0.2, 0.25) is 0 Å². The number of nitrogens with zero attached hydrogens (tertiary/aromatic N) is 2. The second-order valence-electron chi connectivity index (χ2n) is 5.58. The Morgan fingerprint density at radius 2 is 1.90 bits per heavy atom. The topological polar surface area (TPSA) is 29.9 Å². The average Bonchev–Trinajstić information content (AvgIpc) is 2.80. The summed E-state index contributed by atoms with van der Waals surface area (Å²) < 4.78 is 1.85. The maximum absolute atomic E-state index is 4.24. The summed E-state index contributed by atoms with van der Waals surface area (Å²) in [4.78, 5) is 1.22. The van der Waals surface area contributed by atoms with Crippen molar-refractivity contribution in [1.82, 2.24) is 15.1 Å². The van der Waals surface area contributed by atoms with Crippen LogP contribution in [0.15, 0.2) is 29.4 Å². The van der Waals surface area contributed by atoms with Crippen LogP contribution in [0.5, 0.6) is 0 Å². The van der Waals surface area contributed by atoms with E-state index in [2.05, 4.69) is 56.4 Å². The minimum absolute atomic E-state index is 0.376. The summed E-state index contributed by atoms with van der Waals surface area (Å²) in [5, 5.41) is 7.86. The fraction of sp³-hybridized carbons (Fsp3) is 0.471. The molecular weight excluding hydrogens is 278 g/mol. The third kappa shape index (κ3) is 4.11. The molecule has 2 aromatic rings. The first-order chi connectivity index (χ1) is 10.0. The Balaban J connectivity index is 2.18. The molecule has 114 valence electrons. The Bertz CT molecular complexity index is 581. The van der Waals surface area contributed by atoms with Gasteiger partial charge >= 0.3 is 0 Å². The summed E-state index contributed by atoms with van der Waals surface area (Å²) in [5.41, 5.74) is 5.54. The summed E-state index contributed by atoms with van der Waals surface area (Å²) in [7, 11) is 1.96. The predicted molar refractivity (Wildman–Crippen MR) is 91.0 cm³/mol. The molecule has 0 radical (unpaired) electrons. The molecule has 2 rings (SSSR count). The minimum Gasteiger partial charge on any atom is -0.309 e. The summed E-state index contributed by atoms with van der Waals surface area (Å²) in [6.45, 7) is 9.74. The SMILES string of the molecule is CCNC(CSc1cnn(C)c1)c1c(C)cc(C)cc1C. The fourth-order valence-electron chi connectivity index (χ4n) is 2.88. The van der Waals surface area contributed by atoms with Gasteiger partial charge in [-0.3, -0.25) is 4.68 Å². The molecule has 1 N–H and O–H groups in total. The van der Waals surface area contributed by atoms with E-state index in [-0.39, 0.29) is 0 Å². The molecule has 0 aliphatic carbocycles. The van der Waals surface area contributed by atoms with Crippen LogP contribution in [-0.2, 0) is 7.05 Å². The van der Waals surface area contributed by atoms with Crippen LogP contribution in [0.4, 0.5) is 0 Å². The fourth-order valence-corrected chi connectivity index (χ4v) is 3.88. The van der Waals surface area contributed by atoms with Gasteiger partial charge in [0.15, 0.2) is 0 Å². The lowest BCUT2D eigenvalue weighted by Crippen LogP contribution is -2.24. The highest BCUT2D eigenvalue weighted by Gasteiger charge is 2.16. The smallest absolute Gasteiger partial charge is 0.0625 e. The molecule has 0 bridgehead atoms. The van der Waals surface area contributed by atoms with Crippen molar-refractivity contribution < 1.29 is 0 Å². The Morgan fingerprint density at radius 1 is 1.24 bits per heavy atom. The maximum atomic E-state index is 4.24. The van der Waals surface area contributed by atoms with Crippen molar-refractivity contribution >= 4 is 11.8 Å². The van der Waals surface area contributed by atoms with E-state index in [9.17, 15) is 0 Å². The Morgan fingerprint density at radius 3 is 2.43 bits per heavy atom. The van der Waals surface area contributed by atoms with Crippen LogP contribution in [0.25, 0.3) is 0 Å². The molecule has 1 heterocycles. The molecule has 0 aliphatic heterocycles. The molecule has 21 heavy (non-hydrogen) atoms. The molecule has 3 nitrogen and oxygen atoms in total. The number of aromatic nitrogens is 2. The van der Waals surface area contributed by atoms with E-state index < -0.39 is 0 Å². The van der Waals surface area contributed by atoms with Crippen LogP contribution in [0, 0.1) is 20.8 Å². The highest BCUT2D eigenvalue weighted by Crippen LogP contribution is 2.29. The van der Waals surface area contributed by atoms with Crippen molar-refractivity contribution in [3.63, 3.8) is 0 Å². The molecule has 0 saturated carbocycles. The summed E-state index contributed by atoms with van der Waals surface area (Å²) >= 11 is 1.86. The van der Waals surface area contributed by atoms with Crippen molar-refractivity contribution in [2.75, 3.05) is 12.3 Å². The van der Waals surface area contributed by atoms with Gasteiger partial charge < -0.3 is 5.32 Å². The minimum atomic E-state index is 0.376. The van der Waals surface area contributed by atoms with Gasteiger partial charge in [0.1, 0.15) is 0 Å². The molecule has 0 fully saturated rings. The Hall–Kier alpha value is -1.26. The molecule has 0 spiro atoms. The summed E-state index contributed by atoms with van der Waals surface area (Å²) in [6.07, 6.45) is 4.01. The molecule has 1 atom stereocenters. The molecule has 0 aliphatic rings. The monoisotopic (exact) mass is 303 g/mol. The van der Waals surface area contributed by atoms with Crippen molar-refractivity contribution in [3.8, 4) is 0 Å². The second-order valence-corrected chi connectivity index (χ2v) is 6.68. The molecule has 0 amide bonds. The van der Waals surface area contributed by atoms with E-state index in [0.717, 1.165) is 12.3 Å². The number of thioether (sulfide) groups is 1. The molecule has 4 heteroatoms. The van der Waals surface area contributed by atoms with Crippen LogP contribution in [-0.4, -0.2) is 22.1 Å². The van der Waals surface area contributed by atoms with Crippen LogP contribution >= 0.6 is 11.8 Å². The van der Waals surface area contributed by atoms with Gasteiger partial charge in [-0.25, -0.2) is 0 Å². The molecule has 1 aromatic heterocycles. The lowest BCUT2D eigenvalue weighted by atomic mass is 9.95. The first kappa shape index (κ1) is 16.1. The van der Waals surface area contributed by atoms with Gasteiger partial charge in [-0.05, 0) is 44.0 Å². The van der Waals surface area contributed by atoms with Crippen molar-refractivity contribution in [2.45, 2.75) is 38.6 Å². The van der Waals surface area contributed by atoms with E-state index in [1.54, 1.807) is 0 Å². The zero-order valence-electron chi connectivity index (χ0n) is 13.6. The zero-order chi connectivity index (χ0) is 15.4. The number of hydrogen-bond donors (Lipinski definition) is 1. The number of benzene rings is 1. The van der Waals surface area contributed by atoms with Gasteiger partial charge in [0, 0.05) is 29.9 Å². The van der Waals surface area contributed by atoms with E-state index in [4.69, 9.17) is 0 Å². The van der Waals surface area contributed by atoms with Gasteiger partial charge in [-0.15, -0.1) is 11.8 Å². The van der Waals surface area contributed by atoms with Crippen LogP contribution in [0.2, 0.25) is 0 Å². The Kier molecular flexibility index (Phi) is 5.48. The van der Waals surface area contributed by atoms with Gasteiger partial charge in [0.05, 0.1) is 6.20 Å². The number of rotatable bonds is 6. The number of aryl methyl sites for hydroxylation is 4. The normalized spacial score (nSPS) is 12.6. The van der Waals surface area contributed by atoms with Crippen molar-refractivity contribution in [3.05, 3.63) is 46.8 Å². The van der Waals surface area contributed by atoms with E-state index >= 15 is 0 Å². The van der Waals surface area contributed by atoms with E-state index in [1.807, 2.05) is 29.7 Å². The maximum Gasteiger partial charge on any atom is 0.0625 e. The summed E-state index contributed by atoms with van der Waals surface area (Å²) in [6, 6.07) is 4.93. The van der Waals surface area contributed by atoms with Crippen molar-refractivity contribution in [2.24, 2.45) is 7.05 Å². The molecular formula is C17H25N3S. The van der Waals surface area contributed by atoms with Gasteiger partial charge in [-0.2, -0.15) is 5.10 Å². The summed E-state index contributed by atoms with van der Waals surface area (Å²) in [5.74, 6) is 1.02. The highest BCUT2D eigenvalue weighted by molar-refractivity contribution is 7.99. The second kappa shape index (κ2) is 7.14. The van der Waals surface area contributed by atoms with E-state index in [1.165, 1.54) is 27.1 Å². The van der Waals surface area contributed by atoms with Crippen LogP contribution in [0.1, 0.15) is 35.2 Å². The van der Waals surface area contributed by atoms with E-state index in [0.29, 0.717) is 6.04 Å². The first-order valence-corrected chi connectivity index (χ1v) is 8.42. The van der Waals surface area contributed by atoms with Crippen LogP contribution in [0.3, 0.4) is 0 Å². The quantitative estimate of drug-likeness (QED) is 0.824. The Labute approximate surface area is 132 Å². The lowest BCUT2D eigenvalue weighted by Gasteiger charge is -2.22. The molecule has 0 saturated heterocycles. The van der Waals surface area contributed by atoms with Gasteiger partial charge in [0.25, 0.3) is 0 Å². The third-order valence-electron chi connectivity index (χ3n) is 3.63. The number of nitrogens with one attached hydrogen (secondary N) is 1. The number of hydrogen-bond acceptors (Lipinski definition) is 3. The average molecular weight is 303 g/mol. The van der Waals surface area contributed by atoms with Gasteiger partial charge in [-0.1, -0.05) is 24.6 Å². The van der Waals surface area contributed by atoms with Crippen LogP contribution < -0.4 is 5.32 Å². The largest absolute Gasteiger partial charge is 0.309 e. The lowest BCUT2D eigenvalue weighted by molar-refractivity contribution is 0.600. The highest BCUT2D eigenvalue weighted by atomic mass is 32.2. The first-order valence-electron chi connectivity index (χ1n) is 7.43. The standard InChI is InChI=1S/C17H25N3S/c1-6-18-16(11-21-15-9-19-20(5)10-15)17-13(3)7-12(2)8-14(17)4/h7-10,16,18H,6,11H2,1-5H3. The molecule has 1 aromatic carbocycles. The van der Waals surface area contributed by atoms with Crippen molar-refractivity contribution in [1.29, 1.82) is 0 Å². The predicted octanol–water partition coefficient (Wildman–Crippen LogP) is 3.79.